The molecule has 0 atom stereocenters. The van der Waals surface area contributed by atoms with E-state index >= 15 is 0 Å². The number of benzene rings is 3. The zero-order valence-electron chi connectivity index (χ0n) is 19.7. The van der Waals surface area contributed by atoms with Crippen LogP contribution in [0, 0.1) is 34.6 Å². The number of rotatable bonds is 8. The van der Waals surface area contributed by atoms with Crippen molar-refractivity contribution in [1.29, 1.82) is 0 Å². The first kappa shape index (κ1) is 24.3. The zero-order chi connectivity index (χ0) is 24.2. The molecule has 0 radical (unpaired) electrons. The smallest absolute Gasteiger partial charge is 0.262 e. The minimum atomic E-state index is -3.86. The van der Waals surface area contributed by atoms with Crippen molar-refractivity contribution in [2.24, 2.45) is 0 Å². The summed E-state index contributed by atoms with van der Waals surface area (Å²) in [6, 6.07) is 16.2. The minimum absolute atomic E-state index is 0.0718. The van der Waals surface area contributed by atoms with Gasteiger partial charge < -0.3 is 10.1 Å². The maximum Gasteiger partial charge on any atom is 0.262 e. The van der Waals surface area contributed by atoms with E-state index in [4.69, 9.17) is 4.74 Å². The van der Waals surface area contributed by atoms with Crippen molar-refractivity contribution in [2.75, 3.05) is 17.9 Å². The molecule has 6 nitrogen and oxygen atoms in total. The number of sulfonamides is 1. The summed E-state index contributed by atoms with van der Waals surface area (Å²) in [4.78, 5) is 12.7. The van der Waals surface area contributed by atoms with Crippen LogP contribution in [-0.4, -0.2) is 27.5 Å². The summed E-state index contributed by atoms with van der Waals surface area (Å²) < 4.78 is 34.5. The van der Waals surface area contributed by atoms with Crippen LogP contribution >= 0.6 is 0 Å². The van der Waals surface area contributed by atoms with Gasteiger partial charge >= 0.3 is 0 Å². The van der Waals surface area contributed by atoms with Crippen LogP contribution in [0.2, 0.25) is 0 Å². The Bertz CT molecular complexity index is 1260. The van der Waals surface area contributed by atoms with Crippen LogP contribution in [0.15, 0.2) is 59.5 Å². The monoisotopic (exact) mass is 466 g/mol. The molecule has 3 rings (SSSR count). The SMILES string of the molecule is Cc1cc(C)cc(OCCNC(=O)c2ccc(C)c(S(=O)(=O)Nc3cc(C)ccc3C)c2)c1. The molecular formula is C26H30N2O4S. The van der Waals surface area contributed by atoms with Gasteiger partial charge in [-0.3, -0.25) is 9.52 Å². The summed E-state index contributed by atoms with van der Waals surface area (Å²) in [6.45, 7) is 10.0. The summed E-state index contributed by atoms with van der Waals surface area (Å²) in [5.41, 5.74) is 5.34. The number of carbonyl (C=O) groups excluding carboxylic acids is 1. The van der Waals surface area contributed by atoms with Crippen molar-refractivity contribution in [3.05, 3.63) is 88.0 Å². The molecule has 0 bridgehead atoms. The Kier molecular flexibility index (Phi) is 7.43. The number of ether oxygens (including phenoxy) is 1. The molecular weight excluding hydrogens is 436 g/mol. The van der Waals surface area contributed by atoms with Gasteiger partial charge in [0.15, 0.2) is 0 Å². The fourth-order valence-corrected chi connectivity index (χ4v) is 4.92. The number of carbonyl (C=O) groups is 1. The molecule has 0 aliphatic heterocycles. The summed E-state index contributed by atoms with van der Waals surface area (Å²) in [5.74, 6) is 0.394. The largest absolute Gasteiger partial charge is 0.492 e. The average Bonchev–Trinajstić information content (AvgIpc) is 2.73. The lowest BCUT2D eigenvalue weighted by Crippen LogP contribution is -2.28. The van der Waals surface area contributed by atoms with E-state index in [2.05, 4.69) is 16.1 Å². The Morgan fingerprint density at radius 2 is 1.48 bits per heavy atom. The predicted octanol–water partition coefficient (Wildman–Crippen LogP) is 4.84. The van der Waals surface area contributed by atoms with Gasteiger partial charge in [0.2, 0.25) is 0 Å². The zero-order valence-corrected chi connectivity index (χ0v) is 20.5. The molecule has 3 aromatic carbocycles. The first-order valence-electron chi connectivity index (χ1n) is 10.8. The van der Waals surface area contributed by atoms with Gasteiger partial charge in [0.1, 0.15) is 12.4 Å². The summed E-state index contributed by atoms with van der Waals surface area (Å²) >= 11 is 0. The molecule has 1 amide bonds. The van der Waals surface area contributed by atoms with Crippen LogP contribution in [-0.2, 0) is 10.0 Å². The Hall–Kier alpha value is -3.32. The molecule has 0 aromatic heterocycles. The van der Waals surface area contributed by atoms with E-state index in [0.717, 1.165) is 28.0 Å². The van der Waals surface area contributed by atoms with Gasteiger partial charge in [-0.05, 0) is 92.8 Å². The van der Waals surface area contributed by atoms with Gasteiger partial charge in [-0.1, -0.05) is 24.3 Å². The maximum atomic E-state index is 13.1. The van der Waals surface area contributed by atoms with Crippen LogP contribution in [0.3, 0.4) is 0 Å². The third kappa shape index (κ3) is 6.35. The molecule has 0 aliphatic rings. The fraction of sp³-hybridized carbons (Fsp3) is 0.269. The number of aryl methyl sites for hydroxylation is 5. The van der Waals surface area contributed by atoms with Crippen molar-refractivity contribution in [1.82, 2.24) is 5.32 Å². The van der Waals surface area contributed by atoms with E-state index in [1.54, 1.807) is 25.1 Å². The highest BCUT2D eigenvalue weighted by Crippen LogP contribution is 2.24. The molecule has 3 aromatic rings. The van der Waals surface area contributed by atoms with Gasteiger partial charge in [-0.2, -0.15) is 0 Å². The van der Waals surface area contributed by atoms with E-state index in [0.29, 0.717) is 24.4 Å². The maximum absolute atomic E-state index is 13.1. The third-order valence-electron chi connectivity index (χ3n) is 5.23. The summed E-state index contributed by atoms with van der Waals surface area (Å²) in [6.07, 6.45) is 0. The van der Waals surface area contributed by atoms with Crippen LogP contribution in [0.5, 0.6) is 5.75 Å². The van der Waals surface area contributed by atoms with Crippen LogP contribution in [0.4, 0.5) is 5.69 Å². The summed E-state index contributed by atoms with van der Waals surface area (Å²) in [7, 11) is -3.86. The topological polar surface area (TPSA) is 84.5 Å². The molecule has 0 saturated heterocycles. The van der Waals surface area contributed by atoms with E-state index in [1.807, 2.05) is 52.0 Å². The second-order valence-corrected chi connectivity index (χ2v) is 9.98. The molecule has 2 N–H and O–H groups in total. The highest BCUT2D eigenvalue weighted by molar-refractivity contribution is 7.92. The van der Waals surface area contributed by atoms with Gasteiger partial charge in [-0.15, -0.1) is 0 Å². The number of amides is 1. The molecule has 33 heavy (non-hydrogen) atoms. The van der Waals surface area contributed by atoms with Crippen LogP contribution in [0.1, 0.15) is 38.2 Å². The van der Waals surface area contributed by atoms with E-state index in [9.17, 15) is 13.2 Å². The normalized spacial score (nSPS) is 11.2. The van der Waals surface area contributed by atoms with E-state index < -0.39 is 10.0 Å². The average molecular weight is 467 g/mol. The van der Waals surface area contributed by atoms with Crippen molar-refractivity contribution < 1.29 is 17.9 Å². The molecule has 174 valence electrons. The van der Waals surface area contributed by atoms with E-state index in [1.165, 1.54) is 6.07 Å². The molecule has 7 heteroatoms. The molecule has 0 fully saturated rings. The molecule has 0 aliphatic carbocycles. The molecule has 0 heterocycles. The standard InChI is InChI=1S/C26H30N2O4S/c1-17-6-7-20(4)24(15-17)28-33(30,31)25-16-22(9-8-21(25)5)26(29)27-10-11-32-23-13-18(2)12-19(3)14-23/h6-9,12-16,28H,10-11H2,1-5H3,(H,27,29). The van der Waals surface area contributed by atoms with E-state index in [-0.39, 0.29) is 16.4 Å². The second-order valence-electron chi connectivity index (χ2n) is 8.33. The second kappa shape index (κ2) is 10.1. The van der Waals surface area contributed by atoms with Gasteiger partial charge in [0.25, 0.3) is 15.9 Å². The third-order valence-corrected chi connectivity index (χ3v) is 6.74. The van der Waals surface area contributed by atoms with Crippen molar-refractivity contribution in [3.8, 4) is 5.75 Å². The van der Waals surface area contributed by atoms with Crippen LogP contribution in [0.25, 0.3) is 0 Å². The highest BCUT2D eigenvalue weighted by atomic mass is 32.2. The predicted molar refractivity (Wildman–Crippen MR) is 132 cm³/mol. The Labute approximate surface area is 196 Å². The summed E-state index contributed by atoms with van der Waals surface area (Å²) in [5, 5.41) is 2.78. The van der Waals surface area contributed by atoms with Crippen molar-refractivity contribution in [2.45, 2.75) is 39.5 Å². The molecule has 0 saturated carbocycles. The number of nitrogens with one attached hydrogen (secondary N) is 2. The first-order chi connectivity index (χ1) is 15.5. The minimum Gasteiger partial charge on any atom is -0.492 e. The molecule has 0 unspecified atom stereocenters. The quantitative estimate of drug-likeness (QED) is 0.465. The lowest BCUT2D eigenvalue weighted by atomic mass is 10.1. The Morgan fingerprint density at radius 1 is 0.818 bits per heavy atom. The number of hydrogen-bond acceptors (Lipinski definition) is 4. The lowest BCUT2D eigenvalue weighted by Gasteiger charge is -2.14. The lowest BCUT2D eigenvalue weighted by molar-refractivity contribution is 0.0946. The highest BCUT2D eigenvalue weighted by Gasteiger charge is 2.20. The first-order valence-corrected chi connectivity index (χ1v) is 12.2. The number of hydrogen-bond donors (Lipinski definition) is 2. The number of anilines is 1. The van der Waals surface area contributed by atoms with Crippen molar-refractivity contribution >= 4 is 21.6 Å². The van der Waals surface area contributed by atoms with Crippen molar-refractivity contribution in [3.63, 3.8) is 0 Å². The Morgan fingerprint density at radius 3 is 2.18 bits per heavy atom. The van der Waals surface area contributed by atoms with Gasteiger partial charge in [-0.25, -0.2) is 8.42 Å². The van der Waals surface area contributed by atoms with Gasteiger partial charge in [0.05, 0.1) is 17.1 Å². The Balaban J connectivity index is 1.68. The molecule has 0 spiro atoms. The van der Waals surface area contributed by atoms with Crippen LogP contribution < -0.4 is 14.8 Å². The van der Waals surface area contributed by atoms with Gasteiger partial charge in [0, 0.05) is 5.56 Å². The fourth-order valence-electron chi connectivity index (χ4n) is 3.53.